The van der Waals surface area contributed by atoms with Crippen molar-refractivity contribution in [3.05, 3.63) is 60.2 Å². The molecule has 30 heavy (non-hydrogen) atoms. The second-order valence-corrected chi connectivity index (χ2v) is 8.47. The minimum atomic E-state index is 0.597. The van der Waals surface area contributed by atoms with Gasteiger partial charge in [-0.25, -0.2) is 0 Å². The Morgan fingerprint density at radius 1 is 0.600 bits per heavy atom. The highest BCUT2D eigenvalue weighted by Gasteiger charge is 2.08. The van der Waals surface area contributed by atoms with Gasteiger partial charge in [0.1, 0.15) is 18.1 Å². The van der Waals surface area contributed by atoms with Crippen LogP contribution in [0.2, 0.25) is 0 Å². The Hall–Kier alpha value is -2.00. The Kier molecular flexibility index (Phi) is 10.6. The molecule has 0 aliphatic carbocycles. The van der Waals surface area contributed by atoms with Crippen molar-refractivity contribution in [1.29, 1.82) is 0 Å². The van der Waals surface area contributed by atoms with Crippen LogP contribution in [0.5, 0.6) is 11.5 Å². The number of likely N-dealkylation sites (tertiary alicyclic amines) is 1. The van der Waals surface area contributed by atoms with Crippen LogP contribution in [0.15, 0.2) is 54.6 Å². The van der Waals surface area contributed by atoms with Crippen LogP contribution in [0.1, 0.15) is 69.8 Å². The number of hydrogen-bond acceptors (Lipinski definition) is 3. The van der Waals surface area contributed by atoms with E-state index in [-0.39, 0.29) is 0 Å². The van der Waals surface area contributed by atoms with Crippen LogP contribution in [0.4, 0.5) is 0 Å². The second kappa shape index (κ2) is 14.1. The minimum Gasteiger partial charge on any atom is -0.494 e. The molecular formula is C27H39NO2. The van der Waals surface area contributed by atoms with E-state index in [1.165, 1.54) is 83.0 Å². The number of piperidine rings is 1. The average Bonchev–Trinajstić information content (AvgIpc) is 2.81. The van der Waals surface area contributed by atoms with Crippen molar-refractivity contribution in [3.8, 4) is 11.5 Å². The van der Waals surface area contributed by atoms with E-state index in [4.69, 9.17) is 9.47 Å². The normalized spacial score (nSPS) is 14.5. The van der Waals surface area contributed by atoms with Crippen molar-refractivity contribution >= 4 is 0 Å². The van der Waals surface area contributed by atoms with Crippen molar-refractivity contribution in [1.82, 2.24) is 4.90 Å². The lowest BCUT2D eigenvalue weighted by Gasteiger charge is -2.26. The molecule has 1 aliphatic rings. The molecule has 164 valence electrons. The van der Waals surface area contributed by atoms with Gasteiger partial charge < -0.3 is 14.4 Å². The van der Waals surface area contributed by atoms with Crippen LogP contribution in [-0.4, -0.2) is 31.1 Å². The second-order valence-electron chi connectivity index (χ2n) is 8.47. The highest BCUT2D eigenvalue weighted by atomic mass is 16.5. The number of rotatable bonds is 14. The molecule has 0 radical (unpaired) electrons. The Labute approximate surface area is 183 Å². The third-order valence-electron chi connectivity index (χ3n) is 5.91. The molecule has 3 nitrogen and oxygen atoms in total. The first-order chi connectivity index (χ1) is 14.9. The van der Waals surface area contributed by atoms with Gasteiger partial charge in [0.05, 0.1) is 6.61 Å². The van der Waals surface area contributed by atoms with Gasteiger partial charge in [0.25, 0.3) is 0 Å². The molecule has 3 heteroatoms. The van der Waals surface area contributed by atoms with Crippen LogP contribution in [0.3, 0.4) is 0 Å². The van der Waals surface area contributed by atoms with Crippen molar-refractivity contribution in [3.63, 3.8) is 0 Å². The third kappa shape index (κ3) is 9.21. The molecule has 0 atom stereocenters. The van der Waals surface area contributed by atoms with Gasteiger partial charge in [-0.2, -0.15) is 0 Å². The summed E-state index contributed by atoms with van der Waals surface area (Å²) >= 11 is 0. The molecule has 0 spiro atoms. The first kappa shape index (κ1) is 22.7. The van der Waals surface area contributed by atoms with Crippen molar-refractivity contribution in [2.75, 3.05) is 26.2 Å². The van der Waals surface area contributed by atoms with E-state index in [2.05, 4.69) is 17.0 Å². The summed E-state index contributed by atoms with van der Waals surface area (Å²) in [6, 6.07) is 18.2. The average molecular weight is 410 g/mol. The number of unbranched alkanes of at least 4 members (excludes halogenated alkanes) is 6. The summed E-state index contributed by atoms with van der Waals surface area (Å²) in [7, 11) is 0. The first-order valence-corrected chi connectivity index (χ1v) is 12.0. The maximum Gasteiger partial charge on any atom is 0.120 e. The van der Waals surface area contributed by atoms with E-state index >= 15 is 0 Å². The van der Waals surface area contributed by atoms with Gasteiger partial charge in [0.15, 0.2) is 0 Å². The molecule has 0 unspecified atom stereocenters. The molecular weight excluding hydrogens is 370 g/mol. The SMILES string of the molecule is c1ccc(COc2ccc(OCCCCCCCCCN3CCCCC3)cc2)cc1. The van der Waals surface area contributed by atoms with Crippen molar-refractivity contribution in [2.24, 2.45) is 0 Å². The highest BCUT2D eigenvalue weighted by Crippen LogP contribution is 2.19. The molecule has 0 N–H and O–H groups in total. The molecule has 1 heterocycles. The molecule has 3 rings (SSSR count). The summed E-state index contributed by atoms with van der Waals surface area (Å²) in [5.41, 5.74) is 1.18. The number of benzene rings is 2. The molecule has 1 fully saturated rings. The van der Waals surface area contributed by atoms with Crippen LogP contribution in [0.25, 0.3) is 0 Å². The Morgan fingerprint density at radius 2 is 1.20 bits per heavy atom. The van der Waals surface area contributed by atoms with E-state index < -0.39 is 0 Å². The fourth-order valence-corrected chi connectivity index (χ4v) is 4.07. The van der Waals surface area contributed by atoms with Gasteiger partial charge >= 0.3 is 0 Å². The maximum atomic E-state index is 5.87. The summed E-state index contributed by atoms with van der Waals surface area (Å²) < 4.78 is 11.7. The number of ether oxygens (including phenoxy) is 2. The zero-order valence-electron chi connectivity index (χ0n) is 18.6. The zero-order chi connectivity index (χ0) is 20.7. The Balaban J connectivity index is 1.15. The molecule has 0 saturated carbocycles. The molecule has 2 aromatic rings. The lowest BCUT2D eigenvalue weighted by Crippen LogP contribution is -2.30. The lowest BCUT2D eigenvalue weighted by molar-refractivity contribution is 0.224. The summed E-state index contributed by atoms with van der Waals surface area (Å²) in [6.45, 7) is 5.40. The zero-order valence-corrected chi connectivity index (χ0v) is 18.6. The molecule has 0 amide bonds. The summed E-state index contributed by atoms with van der Waals surface area (Å²) in [5, 5.41) is 0. The van der Waals surface area contributed by atoms with Crippen LogP contribution in [0, 0.1) is 0 Å². The quantitative estimate of drug-likeness (QED) is 0.318. The minimum absolute atomic E-state index is 0.597. The lowest BCUT2D eigenvalue weighted by atomic mass is 10.1. The fourth-order valence-electron chi connectivity index (χ4n) is 4.07. The fraction of sp³-hybridized carbons (Fsp3) is 0.556. The summed E-state index contributed by atoms with van der Waals surface area (Å²) in [6.07, 6.45) is 13.5. The predicted molar refractivity (Wildman–Crippen MR) is 125 cm³/mol. The molecule has 2 aromatic carbocycles. The van der Waals surface area contributed by atoms with Gasteiger partial charge in [-0.05, 0) is 75.1 Å². The smallest absolute Gasteiger partial charge is 0.120 e. The third-order valence-corrected chi connectivity index (χ3v) is 5.91. The van der Waals surface area contributed by atoms with Crippen LogP contribution < -0.4 is 9.47 Å². The maximum absolute atomic E-state index is 5.87. The highest BCUT2D eigenvalue weighted by molar-refractivity contribution is 5.31. The van der Waals surface area contributed by atoms with E-state index in [1.807, 2.05) is 42.5 Å². The van der Waals surface area contributed by atoms with Crippen LogP contribution in [-0.2, 0) is 6.61 Å². The van der Waals surface area contributed by atoms with E-state index in [9.17, 15) is 0 Å². The molecule has 0 aromatic heterocycles. The van der Waals surface area contributed by atoms with E-state index in [1.54, 1.807) is 0 Å². The molecule has 1 aliphatic heterocycles. The predicted octanol–water partition coefficient (Wildman–Crippen LogP) is 6.86. The van der Waals surface area contributed by atoms with E-state index in [0.29, 0.717) is 6.61 Å². The topological polar surface area (TPSA) is 21.7 Å². The molecule has 1 saturated heterocycles. The Bertz CT molecular complexity index is 665. The summed E-state index contributed by atoms with van der Waals surface area (Å²) in [4.78, 5) is 2.66. The standard InChI is InChI=1S/C27H39NO2/c1(2-4-10-20-28-21-11-7-12-22-28)3-5-13-23-29-26-16-18-27(19-17-26)30-24-25-14-8-6-9-15-25/h6,8-9,14-19H,1-5,7,10-13,20-24H2. The first-order valence-electron chi connectivity index (χ1n) is 12.0. The van der Waals surface area contributed by atoms with Crippen molar-refractivity contribution in [2.45, 2.75) is 70.8 Å². The van der Waals surface area contributed by atoms with Gasteiger partial charge in [-0.3, -0.25) is 0 Å². The number of nitrogens with zero attached hydrogens (tertiary/aromatic N) is 1. The monoisotopic (exact) mass is 409 g/mol. The van der Waals surface area contributed by atoms with E-state index in [0.717, 1.165) is 24.5 Å². The largest absolute Gasteiger partial charge is 0.494 e. The van der Waals surface area contributed by atoms with Gasteiger partial charge in [0.2, 0.25) is 0 Å². The Morgan fingerprint density at radius 3 is 1.90 bits per heavy atom. The van der Waals surface area contributed by atoms with Gasteiger partial charge in [-0.15, -0.1) is 0 Å². The molecule has 0 bridgehead atoms. The van der Waals surface area contributed by atoms with Gasteiger partial charge in [0, 0.05) is 0 Å². The summed E-state index contributed by atoms with van der Waals surface area (Å²) in [5.74, 6) is 1.81. The van der Waals surface area contributed by atoms with Crippen LogP contribution >= 0.6 is 0 Å². The van der Waals surface area contributed by atoms with Crippen molar-refractivity contribution < 1.29 is 9.47 Å². The van der Waals surface area contributed by atoms with Gasteiger partial charge in [-0.1, -0.05) is 68.9 Å². The number of hydrogen-bond donors (Lipinski definition) is 0.